The van der Waals surface area contributed by atoms with E-state index in [0.717, 1.165) is 5.92 Å². The van der Waals surface area contributed by atoms with Gasteiger partial charge in [-0.15, -0.1) is 0 Å². The summed E-state index contributed by atoms with van der Waals surface area (Å²) in [5.74, 6) is 1.45. The van der Waals surface area contributed by atoms with Crippen molar-refractivity contribution in [3.63, 3.8) is 0 Å². The number of hydrogen-bond acceptors (Lipinski definition) is 1. The first-order valence-electron chi connectivity index (χ1n) is 27.6. The lowest BCUT2D eigenvalue weighted by molar-refractivity contribution is 0.327. The number of anilines is 3. The fraction of sp³-hybridized carbons (Fsp3) is 0.260. The summed E-state index contributed by atoms with van der Waals surface area (Å²) < 4.78 is 0. The molecule has 0 aliphatic heterocycles. The van der Waals surface area contributed by atoms with Crippen molar-refractivity contribution >= 4 is 17.1 Å². The van der Waals surface area contributed by atoms with Crippen LogP contribution in [-0.4, -0.2) is 0 Å². The Morgan fingerprint density at radius 1 is 0.392 bits per heavy atom. The maximum Gasteiger partial charge on any atom is 0.0726 e. The molecule has 2 bridgehead atoms. The molecule has 3 unspecified atom stereocenters. The predicted molar refractivity (Wildman–Crippen MR) is 309 cm³/mol. The molecule has 74 heavy (non-hydrogen) atoms. The molecule has 9 aromatic carbocycles. The SMILES string of the molecule is CC(C)(C)c1ccc2c(c1)C1(c3ccccc3-c3ccc(N(c4ccc5c(c4)C4(CC6CCC4C6)c4ccccc4-5)c4ccccc4-c4cccc5c4C(C)(C)c4ccccc4-5)cc31)c1cc(C(C)(C)C)ccc1-2. The first-order chi connectivity index (χ1) is 35.7. The smallest absolute Gasteiger partial charge is 0.0726 e. The van der Waals surface area contributed by atoms with Crippen LogP contribution in [0, 0.1) is 11.8 Å². The maximum atomic E-state index is 2.67. The molecule has 0 saturated heterocycles. The first kappa shape index (κ1) is 44.3. The summed E-state index contributed by atoms with van der Waals surface area (Å²) in [4.78, 5) is 2.67. The van der Waals surface area contributed by atoms with Gasteiger partial charge in [0, 0.05) is 27.8 Å². The van der Waals surface area contributed by atoms with Gasteiger partial charge >= 0.3 is 0 Å². The fourth-order valence-electron chi connectivity index (χ4n) is 16.2. The zero-order valence-electron chi connectivity index (χ0n) is 44.3. The number of hydrogen-bond donors (Lipinski definition) is 0. The Morgan fingerprint density at radius 3 is 1.42 bits per heavy atom. The van der Waals surface area contributed by atoms with Crippen molar-refractivity contribution in [2.75, 3.05) is 4.90 Å². The van der Waals surface area contributed by atoms with E-state index in [1.54, 1.807) is 5.56 Å². The van der Waals surface area contributed by atoms with Gasteiger partial charge in [-0.2, -0.15) is 0 Å². The molecule has 2 saturated carbocycles. The van der Waals surface area contributed by atoms with Crippen LogP contribution in [0.15, 0.2) is 188 Å². The van der Waals surface area contributed by atoms with Crippen molar-refractivity contribution < 1.29 is 0 Å². The molecule has 0 aromatic heterocycles. The second-order valence-corrected chi connectivity index (χ2v) is 25.6. The minimum atomic E-state index is -0.525. The van der Waals surface area contributed by atoms with E-state index in [1.807, 2.05) is 0 Å². The number of rotatable bonds is 4. The Hall–Kier alpha value is -7.22. The van der Waals surface area contributed by atoms with E-state index in [9.17, 15) is 0 Å². The standard InChI is InChI=1S/C73H65N/c1-69(2,3)45-30-34-54-55-35-31-46(70(4,5)6)40-65(55)73(64(54)39-45)62-26-15-11-19-51(62)56-37-33-49(42-66(56)73)74(48-32-36-53-50-18-10-14-25-61(50)72(63(53)41-48)43-44-28-29-47(72)38-44)67-27-16-12-21-57(67)59-23-17-22-58-52-20-9-13-24-60(52)71(7,8)68(58)59/h9-27,30-37,39-42,44,47H,28-29,38,43H2,1-8H3. The first-order valence-corrected chi connectivity index (χ1v) is 27.6. The molecule has 362 valence electrons. The highest BCUT2D eigenvalue weighted by atomic mass is 15.1. The van der Waals surface area contributed by atoms with Gasteiger partial charge in [-0.3, -0.25) is 0 Å². The van der Waals surface area contributed by atoms with Gasteiger partial charge in [-0.1, -0.05) is 220 Å². The van der Waals surface area contributed by atoms with Gasteiger partial charge in [0.2, 0.25) is 0 Å². The Labute approximate surface area is 439 Å². The minimum Gasteiger partial charge on any atom is -0.310 e. The summed E-state index contributed by atoms with van der Waals surface area (Å²) in [5, 5.41) is 0. The van der Waals surface area contributed by atoms with Crippen molar-refractivity contribution in [3.8, 4) is 55.6 Å². The molecule has 2 fully saturated rings. The third-order valence-electron chi connectivity index (χ3n) is 19.5. The molecule has 6 aliphatic rings. The van der Waals surface area contributed by atoms with Gasteiger partial charge in [0.25, 0.3) is 0 Å². The van der Waals surface area contributed by atoms with Crippen LogP contribution in [0.1, 0.15) is 137 Å². The molecule has 2 spiro atoms. The summed E-state index contributed by atoms with van der Waals surface area (Å²) >= 11 is 0. The van der Waals surface area contributed by atoms with E-state index in [2.05, 4.69) is 248 Å². The molecule has 6 aliphatic carbocycles. The lowest BCUT2D eigenvalue weighted by Gasteiger charge is -2.37. The highest BCUT2D eigenvalue weighted by molar-refractivity contribution is 5.99. The van der Waals surface area contributed by atoms with Crippen molar-refractivity contribution in [3.05, 3.63) is 244 Å². The summed E-state index contributed by atoms with van der Waals surface area (Å²) in [7, 11) is 0. The topological polar surface area (TPSA) is 3.24 Å². The molecular formula is C73H65N. The Morgan fingerprint density at radius 2 is 0.838 bits per heavy atom. The second-order valence-electron chi connectivity index (χ2n) is 25.6. The Bertz CT molecular complexity index is 3820. The van der Waals surface area contributed by atoms with E-state index in [0.29, 0.717) is 5.92 Å². The molecule has 15 rings (SSSR count). The lowest BCUT2D eigenvalue weighted by atomic mass is 9.67. The van der Waals surface area contributed by atoms with E-state index >= 15 is 0 Å². The molecule has 0 heterocycles. The third kappa shape index (κ3) is 5.71. The van der Waals surface area contributed by atoms with Gasteiger partial charge in [0.05, 0.1) is 11.1 Å². The largest absolute Gasteiger partial charge is 0.310 e. The van der Waals surface area contributed by atoms with E-state index in [1.165, 1.54) is 148 Å². The van der Waals surface area contributed by atoms with E-state index < -0.39 is 5.41 Å². The molecule has 0 amide bonds. The normalized spacial score (nSPS) is 20.2. The van der Waals surface area contributed by atoms with Crippen LogP contribution in [0.25, 0.3) is 55.6 Å². The van der Waals surface area contributed by atoms with Crippen LogP contribution in [0.3, 0.4) is 0 Å². The summed E-state index contributed by atoms with van der Waals surface area (Å²) in [6.45, 7) is 19.0. The number of nitrogens with zero attached hydrogens (tertiary/aromatic N) is 1. The Balaban J connectivity index is 1.02. The zero-order chi connectivity index (χ0) is 50.3. The van der Waals surface area contributed by atoms with Crippen molar-refractivity contribution in [2.45, 2.75) is 108 Å². The van der Waals surface area contributed by atoms with E-state index in [-0.39, 0.29) is 21.7 Å². The zero-order valence-corrected chi connectivity index (χ0v) is 44.3. The van der Waals surface area contributed by atoms with Gasteiger partial charge in [0.15, 0.2) is 0 Å². The van der Waals surface area contributed by atoms with Crippen LogP contribution in [0.2, 0.25) is 0 Å². The number of benzene rings is 9. The summed E-state index contributed by atoms with van der Waals surface area (Å²) in [5.41, 5.74) is 30.6. The van der Waals surface area contributed by atoms with Gasteiger partial charge < -0.3 is 4.90 Å². The molecule has 0 radical (unpaired) electrons. The molecule has 9 aromatic rings. The molecule has 3 atom stereocenters. The highest BCUT2D eigenvalue weighted by Gasteiger charge is 2.57. The fourth-order valence-corrected chi connectivity index (χ4v) is 16.2. The van der Waals surface area contributed by atoms with Crippen LogP contribution in [0.5, 0.6) is 0 Å². The number of fused-ring (bicyclic) bond motifs is 21. The third-order valence-corrected chi connectivity index (χ3v) is 19.5. The van der Waals surface area contributed by atoms with Crippen molar-refractivity contribution in [1.29, 1.82) is 0 Å². The van der Waals surface area contributed by atoms with Crippen molar-refractivity contribution in [2.24, 2.45) is 11.8 Å². The molecule has 1 heteroatoms. The highest BCUT2D eigenvalue weighted by Crippen LogP contribution is 2.68. The maximum absolute atomic E-state index is 2.67. The monoisotopic (exact) mass is 956 g/mol. The van der Waals surface area contributed by atoms with Crippen LogP contribution < -0.4 is 4.90 Å². The average molecular weight is 956 g/mol. The molecule has 0 N–H and O–H groups in total. The summed E-state index contributed by atoms with van der Waals surface area (Å²) in [6, 6.07) is 74.3. The number of para-hydroxylation sites is 1. The quantitative estimate of drug-likeness (QED) is 0.170. The van der Waals surface area contributed by atoms with Crippen LogP contribution in [-0.2, 0) is 27.1 Å². The second kappa shape index (κ2) is 15.0. The minimum absolute atomic E-state index is 0.0260. The van der Waals surface area contributed by atoms with Crippen molar-refractivity contribution in [1.82, 2.24) is 0 Å². The van der Waals surface area contributed by atoms with Crippen LogP contribution in [0.4, 0.5) is 17.1 Å². The van der Waals surface area contributed by atoms with Gasteiger partial charge in [-0.25, -0.2) is 0 Å². The molecule has 1 nitrogen and oxygen atoms in total. The van der Waals surface area contributed by atoms with Gasteiger partial charge in [-0.05, 0) is 178 Å². The summed E-state index contributed by atoms with van der Waals surface area (Å²) in [6.07, 6.45) is 5.27. The Kier molecular flexibility index (Phi) is 8.96. The average Bonchev–Trinajstić information content (AvgIpc) is 4.29. The predicted octanol–water partition coefficient (Wildman–Crippen LogP) is 19.2. The van der Waals surface area contributed by atoms with Gasteiger partial charge in [0.1, 0.15) is 0 Å². The van der Waals surface area contributed by atoms with Crippen LogP contribution >= 0.6 is 0 Å². The molecular weight excluding hydrogens is 891 g/mol. The lowest BCUT2D eigenvalue weighted by Crippen LogP contribution is -2.32. The van der Waals surface area contributed by atoms with E-state index in [4.69, 9.17) is 0 Å².